The van der Waals surface area contributed by atoms with Gasteiger partial charge in [0.15, 0.2) is 5.76 Å². The van der Waals surface area contributed by atoms with Crippen molar-refractivity contribution < 1.29 is 13.9 Å². The van der Waals surface area contributed by atoms with E-state index in [4.69, 9.17) is 19.6 Å². The molecule has 0 spiro atoms. The molecule has 1 unspecified atom stereocenters. The van der Waals surface area contributed by atoms with Crippen LogP contribution in [0.15, 0.2) is 16.5 Å². The van der Waals surface area contributed by atoms with E-state index in [0.717, 1.165) is 24.4 Å². The predicted octanol–water partition coefficient (Wildman–Crippen LogP) is 1.60. The van der Waals surface area contributed by atoms with Crippen molar-refractivity contribution >= 4 is 0 Å². The van der Waals surface area contributed by atoms with Crippen molar-refractivity contribution in [2.75, 3.05) is 13.2 Å². The molecule has 2 heterocycles. The second kappa shape index (κ2) is 4.79. The van der Waals surface area contributed by atoms with Gasteiger partial charge in [0.1, 0.15) is 5.76 Å². The lowest BCUT2D eigenvalue weighted by atomic mass is 10.1. The second-order valence-electron chi connectivity index (χ2n) is 3.75. The zero-order valence-corrected chi connectivity index (χ0v) is 8.94. The summed E-state index contributed by atoms with van der Waals surface area (Å²) in [5.41, 5.74) is 5.85. The van der Waals surface area contributed by atoms with E-state index in [1.54, 1.807) is 0 Å². The van der Waals surface area contributed by atoms with Gasteiger partial charge in [-0.3, -0.25) is 0 Å². The molecule has 4 nitrogen and oxygen atoms in total. The molecule has 15 heavy (non-hydrogen) atoms. The van der Waals surface area contributed by atoms with Gasteiger partial charge in [-0.15, -0.1) is 0 Å². The Hall–Kier alpha value is -0.840. The zero-order valence-electron chi connectivity index (χ0n) is 8.94. The number of ether oxygens (including phenoxy) is 2. The van der Waals surface area contributed by atoms with Crippen LogP contribution < -0.4 is 5.73 Å². The van der Waals surface area contributed by atoms with E-state index in [1.807, 2.05) is 12.1 Å². The van der Waals surface area contributed by atoms with E-state index >= 15 is 0 Å². The van der Waals surface area contributed by atoms with E-state index < -0.39 is 0 Å². The normalized spacial score (nSPS) is 19.6. The lowest BCUT2D eigenvalue weighted by Gasteiger charge is -2.06. The van der Waals surface area contributed by atoms with Crippen molar-refractivity contribution in [2.45, 2.75) is 32.1 Å². The molecular formula is C11H17NO3. The minimum Gasteiger partial charge on any atom is -0.461 e. The molecule has 1 aromatic rings. The third-order valence-electron chi connectivity index (χ3n) is 2.52. The van der Waals surface area contributed by atoms with Gasteiger partial charge in [-0.05, 0) is 18.6 Å². The van der Waals surface area contributed by atoms with Crippen LogP contribution in [-0.2, 0) is 15.9 Å². The molecule has 0 aromatic carbocycles. The number of hydrogen-bond acceptors (Lipinski definition) is 4. The Morgan fingerprint density at radius 3 is 2.80 bits per heavy atom. The summed E-state index contributed by atoms with van der Waals surface area (Å²) in [5, 5.41) is 0. The molecule has 1 saturated heterocycles. The number of furan rings is 1. The first-order valence-electron chi connectivity index (χ1n) is 5.37. The van der Waals surface area contributed by atoms with Crippen LogP contribution in [0.3, 0.4) is 0 Å². The predicted molar refractivity (Wildman–Crippen MR) is 55.3 cm³/mol. The van der Waals surface area contributed by atoms with E-state index in [0.29, 0.717) is 13.2 Å². The van der Waals surface area contributed by atoms with Crippen LogP contribution >= 0.6 is 0 Å². The molecule has 1 fully saturated rings. The van der Waals surface area contributed by atoms with Crippen LogP contribution in [0.1, 0.15) is 31.2 Å². The highest BCUT2D eigenvalue weighted by Gasteiger charge is 2.21. The van der Waals surface area contributed by atoms with Gasteiger partial charge in [0, 0.05) is 12.5 Å². The first-order valence-corrected chi connectivity index (χ1v) is 5.37. The topological polar surface area (TPSA) is 57.6 Å². The summed E-state index contributed by atoms with van der Waals surface area (Å²) in [5.74, 6) is 1.64. The Balaban J connectivity index is 1.97. The van der Waals surface area contributed by atoms with Gasteiger partial charge < -0.3 is 19.6 Å². The molecule has 0 aliphatic carbocycles. The van der Waals surface area contributed by atoms with E-state index in [9.17, 15) is 0 Å². The van der Waals surface area contributed by atoms with Crippen molar-refractivity contribution in [1.82, 2.24) is 0 Å². The van der Waals surface area contributed by atoms with Crippen LogP contribution in [0, 0.1) is 0 Å². The van der Waals surface area contributed by atoms with Gasteiger partial charge in [0.05, 0.1) is 13.2 Å². The molecular weight excluding hydrogens is 194 g/mol. The third-order valence-corrected chi connectivity index (χ3v) is 2.52. The second-order valence-corrected chi connectivity index (χ2v) is 3.75. The average Bonchev–Trinajstić information content (AvgIpc) is 2.85. The van der Waals surface area contributed by atoms with Crippen LogP contribution in [0.25, 0.3) is 0 Å². The maximum absolute atomic E-state index is 5.85. The number of hydrogen-bond donors (Lipinski definition) is 1. The van der Waals surface area contributed by atoms with E-state index in [-0.39, 0.29) is 12.3 Å². The van der Waals surface area contributed by atoms with Crippen LogP contribution in [0.4, 0.5) is 0 Å². The van der Waals surface area contributed by atoms with Crippen LogP contribution in [0.5, 0.6) is 0 Å². The maximum Gasteiger partial charge on any atom is 0.217 e. The molecule has 4 heteroatoms. The lowest BCUT2D eigenvalue weighted by Crippen LogP contribution is -2.20. The molecule has 1 aliphatic rings. The van der Waals surface area contributed by atoms with E-state index in [1.165, 1.54) is 0 Å². The molecule has 1 aromatic heterocycles. The summed E-state index contributed by atoms with van der Waals surface area (Å²) in [7, 11) is 0. The summed E-state index contributed by atoms with van der Waals surface area (Å²) < 4.78 is 16.3. The van der Waals surface area contributed by atoms with Crippen molar-refractivity contribution in [3.63, 3.8) is 0 Å². The summed E-state index contributed by atoms with van der Waals surface area (Å²) >= 11 is 0. The Kier molecular flexibility index (Phi) is 3.41. The highest BCUT2D eigenvalue weighted by atomic mass is 16.7. The molecule has 84 valence electrons. The summed E-state index contributed by atoms with van der Waals surface area (Å²) in [4.78, 5) is 0. The zero-order chi connectivity index (χ0) is 10.7. The van der Waals surface area contributed by atoms with Crippen molar-refractivity contribution in [2.24, 2.45) is 5.73 Å². The minimum absolute atomic E-state index is 0.161. The molecule has 2 rings (SSSR count). The largest absolute Gasteiger partial charge is 0.461 e. The molecule has 1 aliphatic heterocycles. The molecule has 1 atom stereocenters. The smallest absolute Gasteiger partial charge is 0.217 e. The summed E-state index contributed by atoms with van der Waals surface area (Å²) in [6.07, 6.45) is 1.40. The van der Waals surface area contributed by atoms with Gasteiger partial charge in [0.2, 0.25) is 6.29 Å². The monoisotopic (exact) mass is 211 g/mol. The van der Waals surface area contributed by atoms with Crippen molar-refractivity contribution in [3.05, 3.63) is 23.7 Å². The molecule has 0 amide bonds. The fourth-order valence-electron chi connectivity index (χ4n) is 1.56. The Labute approximate surface area is 89.3 Å². The third kappa shape index (κ3) is 2.59. The molecule has 0 saturated carbocycles. The van der Waals surface area contributed by atoms with Gasteiger partial charge in [0.25, 0.3) is 0 Å². The Morgan fingerprint density at radius 1 is 1.40 bits per heavy atom. The highest BCUT2D eigenvalue weighted by Crippen LogP contribution is 2.25. The average molecular weight is 211 g/mol. The first-order chi connectivity index (χ1) is 7.29. The fourth-order valence-corrected chi connectivity index (χ4v) is 1.56. The van der Waals surface area contributed by atoms with Crippen molar-refractivity contribution in [3.8, 4) is 0 Å². The highest BCUT2D eigenvalue weighted by molar-refractivity contribution is 5.09. The van der Waals surface area contributed by atoms with Gasteiger partial charge in [-0.1, -0.05) is 6.92 Å². The van der Waals surface area contributed by atoms with Crippen LogP contribution in [0.2, 0.25) is 0 Å². The molecule has 0 radical (unpaired) electrons. The number of rotatable bonds is 4. The van der Waals surface area contributed by atoms with Gasteiger partial charge >= 0.3 is 0 Å². The van der Waals surface area contributed by atoms with Gasteiger partial charge in [-0.2, -0.15) is 0 Å². The van der Waals surface area contributed by atoms with Crippen molar-refractivity contribution in [1.29, 1.82) is 0 Å². The van der Waals surface area contributed by atoms with Gasteiger partial charge in [-0.25, -0.2) is 0 Å². The number of nitrogens with two attached hydrogens (primary N) is 1. The molecule has 2 N–H and O–H groups in total. The minimum atomic E-state index is -0.323. The Morgan fingerprint density at radius 2 is 2.13 bits per heavy atom. The Bertz CT molecular complexity index is 305. The standard InChI is InChI=1S/C11H17NO3/c1-2-8(12)7-9-3-4-10(15-9)11-13-5-6-14-11/h3-4,8,11H,2,5-7,12H2,1H3. The summed E-state index contributed by atoms with van der Waals surface area (Å²) in [6.45, 7) is 3.34. The first kappa shape index (κ1) is 10.7. The summed E-state index contributed by atoms with van der Waals surface area (Å²) in [6, 6.07) is 4.00. The quantitative estimate of drug-likeness (QED) is 0.822. The SMILES string of the molecule is CCC(N)Cc1ccc(C2OCCO2)o1. The van der Waals surface area contributed by atoms with E-state index in [2.05, 4.69) is 6.92 Å². The lowest BCUT2D eigenvalue weighted by molar-refractivity contribution is -0.0594. The van der Waals surface area contributed by atoms with Crippen LogP contribution in [-0.4, -0.2) is 19.3 Å². The maximum atomic E-state index is 5.85. The molecule has 0 bridgehead atoms. The fraction of sp³-hybridized carbons (Fsp3) is 0.636.